The summed E-state index contributed by atoms with van der Waals surface area (Å²) in [5.41, 5.74) is 2.23. The Hall–Kier alpha value is -2.13. The molecule has 2 atom stereocenters. The van der Waals surface area contributed by atoms with E-state index in [2.05, 4.69) is 31.2 Å². The van der Waals surface area contributed by atoms with Crippen molar-refractivity contribution in [3.63, 3.8) is 0 Å². The molecular weight excluding hydrogens is 312 g/mol. The molecule has 0 saturated heterocycles. The van der Waals surface area contributed by atoms with Crippen LogP contribution < -0.4 is 0 Å². The summed E-state index contributed by atoms with van der Waals surface area (Å²) >= 11 is 0. The fraction of sp³-hybridized carbons (Fsp3) is 0.409. The molecule has 134 valence electrons. The van der Waals surface area contributed by atoms with Crippen LogP contribution in [0.4, 0.5) is 0 Å². The van der Waals surface area contributed by atoms with Gasteiger partial charge in [-0.1, -0.05) is 74.0 Å². The Morgan fingerprint density at radius 2 is 1.60 bits per heavy atom. The van der Waals surface area contributed by atoms with Crippen LogP contribution in [0.5, 0.6) is 0 Å². The quantitative estimate of drug-likeness (QED) is 0.550. The Balaban J connectivity index is 2.11. The third-order valence-electron chi connectivity index (χ3n) is 4.22. The molecule has 2 aromatic rings. The van der Waals surface area contributed by atoms with Gasteiger partial charge in [0.2, 0.25) is 0 Å². The van der Waals surface area contributed by atoms with Crippen LogP contribution in [0.3, 0.4) is 0 Å². The molecule has 0 amide bonds. The summed E-state index contributed by atoms with van der Waals surface area (Å²) in [6.45, 7) is 4.89. The first-order valence-corrected chi connectivity index (χ1v) is 9.11. The van der Waals surface area contributed by atoms with E-state index in [4.69, 9.17) is 9.47 Å². The highest BCUT2D eigenvalue weighted by Gasteiger charge is 2.25. The summed E-state index contributed by atoms with van der Waals surface area (Å²) < 4.78 is 11.5. The van der Waals surface area contributed by atoms with E-state index in [0.717, 1.165) is 24.0 Å². The molecule has 0 N–H and O–H groups in total. The standard InChI is InChI=1S/C22H28O3/c1-3-11-20(22(23)24-4-2)16-21(19-14-9-6-10-15-19)25-17-18-12-7-5-8-13-18/h5-10,12-15,20-21H,3-4,11,16-17H2,1-2H3/t20-,21-/m0/s1. The van der Waals surface area contributed by atoms with Gasteiger partial charge in [-0.2, -0.15) is 0 Å². The van der Waals surface area contributed by atoms with Gasteiger partial charge in [-0.25, -0.2) is 0 Å². The Labute approximate surface area is 151 Å². The van der Waals surface area contributed by atoms with E-state index in [1.807, 2.05) is 43.3 Å². The van der Waals surface area contributed by atoms with Crippen molar-refractivity contribution < 1.29 is 14.3 Å². The van der Waals surface area contributed by atoms with Gasteiger partial charge in [0.15, 0.2) is 0 Å². The summed E-state index contributed by atoms with van der Waals surface area (Å²) in [4.78, 5) is 12.3. The van der Waals surface area contributed by atoms with Crippen molar-refractivity contribution >= 4 is 5.97 Å². The maximum atomic E-state index is 12.3. The molecule has 2 rings (SSSR count). The van der Waals surface area contributed by atoms with Gasteiger partial charge >= 0.3 is 5.97 Å². The number of ether oxygens (including phenoxy) is 2. The summed E-state index contributed by atoms with van der Waals surface area (Å²) in [6, 6.07) is 20.2. The monoisotopic (exact) mass is 340 g/mol. The molecule has 3 heteroatoms. The average molecular weight is 340 g/mol. The van der Waals surface area contributed by atoms with Crippen LogP contribution in [0.15, 0.2) is 60.7 Å². The summed E-state index contributed by atoms with van der Waals surface area (Å²) in [7, 11) is 0. The normalized spacial score (nSPS) is 13.2. The van der Waals surface area contributed by atoms with Crippen molar-refractivity contribution in [1.29, 1.82) is 0 Å². The summed E-state index contributed by atoms with van der Waals surface area (Å²) in [5, 5.41) is 0. The lowest BCUT2D eigenvalue weighted by atomic mass is 9.93. The largest absolute Gasteiger partial charge is 0.466 e. The van der Waals surface area contributed by atoms with Gasteiger partial charge < -0.3 is 9.47 Å². The second-order valence-electron chi connectivity index (χ2n) is 6.17. The molecule has 0 aliphatic carbocycles. The van der Waals surface area contributed by atoms with Crippen LogP contribution in [-0.4, -0.2) is 12.6 Å². The predicted molar refractivity (Wildman–Crippen MR) is 100 cm³/mol. The molecule has 0 aromatic heterocycles. The molecule has 0 radical (unpaired) electrons. The van der Waals surface area contributed by atoms with Gasteiger partial charge in [0.25, 0.3) is 0 Å². The Morgan fingerprint density at radius 3 is 2.20 bits per heavy atom. The topological polar surface area (TPSA) is 35.5 Å². The van der Waals surface area contributed by atoms with Crippen LogP contribution in [0.25, 0.3) is 0 Å². The molecule has 0 saturated carbocycles. The molecule has 0 aliphatic heterocycles. The average Bonchev–Trinajstić information content (AvgIpc) is 2.66. The highest BCUT2D eigenvalue weighted by atomic mass is 16.5. The van der Waals surface area contributed by atoms with E-state index >= 15 is 0 Å². The van der Waals surface area contributed by atoms with E-state index in [1.165, 1.54) is 0 Å². The highest BCUT2D eigenvalue weighted by Crippen LogP contribution is 2.29. The lowest BCUT2D eigenvalue weighted by Crippen LogP contribution is -2.21. The minimum Gasteiger partial charge on any atom is -0.466 e. The second-order valence-corrected chi connectivity index (χ2v) is 6.17. The molecule has 25 heavy (non-hydrogen) atoms. The SMILES string of the molecule is CCC[C@@H](C[C@H](OCc1ccccc1)c1ccccc1)C(=O)OCC. The molecule has 2 aromatic carbocycles. The fourth-order valence-electron chi connectivity index (χ4n) is 2.94. The fourth-order valence-corrected chi connectivity index (χ4v) is 2.94. The van der Waals surface area contributed by atoms with E-state index in [0.29, 0.717) is 19.6 Å². The lowest BCUT2D eigenvalue weighted by molar-refractivity contribution is -0.150. The molecule has 0 bridgehead atoms. The van der Waals surface area contributed by atoms with Crippen LogP contribution in [0.2, 0.25) is 0 Å². The van der Waals surface area contributed by atoms with Crippen molar-refractivity contribution in [2.75, 3.05) is 6.61 Å². The Kier molecular flexibility index (Phi) is 8.20. The van der Waals surface area contributed by atoms with Gasteiger partial charge in [-0.15, -0.1) is 0 Å². The van der Waals surface area contributed by atoms with Crippen molar-refractivity contribution in [1.82, 2.24) is 0 Å². The first kappa shape index (κ1) is 19.2. The van der Waals surface area contributed by atoms with Crippen molar-refractivity contribution in [2.24, 2.45) is 5.92 Å². The molecule has 0 heterocycles. The van der Waals surface area contributed by atoms with E-state index in [1.54, 1.807) is 0 Å². The predicted octanol–water partition coefficient (Wildman–Crippen LogP) is 5.31. The molecule has 0 aliphatic rings. The molecule has 0 spiro atoms. The van der Waals surface area contributed by atoms with Crippen molar-refractivity contribution in [3.8, 4) is 0 Å². The second kappa shape index (κ2) is 10.7. The van der Waals surface area contributed by atoms with Crippen molar-refractivity contribution in [2.45, 2.75) is 45.8 Å². The lowest BCUT2D eigenvalue weighted by Gasteiger charge is -2.23. The third kappa shape index (κ3) is 6.35. The molecule has 3 nitrogen and oxygen atoms in total. The van der Waals surface area contributed by atoms with Crippen LogP contribution in [0, 0.1) is 5.92 Å². The highest BCUT2D eigenvalue weighted by molar-refractivity contribution is 5.72. The summed E-state index contributed by atoms with van der Waals surface area (Å²) in [5.74, 6) is -0.250. The third-order valence-corrected chi connectivity index (χ3v) is 4.22. The molecule has 0 fully saturated rings. The van der Waals surface area contributed by atoms with Crippen LogP contribution in [-0.2, 0) is 20.9 Å². The number of rotatable bonds is 10. The first-order chi connectivity index (χ1) is 12.2. The zero-order valence-electron chi connectivity index (χ0n) is 15.2. The number of benzene rings is 2. The zero-order chi connectivity index (χ0) is 17.9. The summed E-state index contributed by atoms with van der Waals surface area (Å²) in [6.07, 6.45) is 2.28. The number of esters is 1. The first-order valence-electron chi connectivity index (χ1n) is 9.11. The van der Waals surface area contributed by atoms with Gasteiger partial charge in [0, 0.05) is 0 Å². The van der Waals surface area contributed by atoms with E-state index < -0.39 is 0 Å². The van der Waals surface area contributed by atoms with Crippen LogP contribution in [0.1, 0.15) is 50.3 Å². The number of hydrogen-bond acceptors (Lipinski definition) is 3. The van der Waals surface area contributed by atoms with E-state index in [9.17, 15) is 4.79 Å². The Morgan fingerprint density at radius 1 is 0.960 bits per heavy atom. The Bertz CT molecular complexity index is 610. The number of carbonyl (C=O) groups excluding carboxylic acids is 1. The molecule has 0 unspecified atom stereocenters. The smallest absolute Gasteiger partial charge is 0.309 e. The minimum absolute atomic E-state index is 0.117. The number of hydrogen-bond donors (Lipinski definition) is 0. The maximum absolute atomic E-state index is 12.3. The van der Waals surface area contributed by atoms with Crippen molar-refractivity contribution in [3.05, 3.63) is 71.8 Å². The van der Waals surface area contributed by atoms with Gasteiger partial charge in [-0.3, -0.25) is 4.79 Å². The van der Waals surface area contributed by atoms with Crippen LogP contribution >= 0.6 is 0 Å². The minimum atomic E-state index is -0.133. The number of carbonyl (C=O) groups is 1. The van der Waals surface area contributed by atoms with Gasteiger partial charge in [0.05, 0.1) is 25.2 Å². The van der Waals surface area contributed by atoms with E-state index in [-0.39, 0.29) is 18.0 Å². The zero-order valence-corrected chi connectivity index (χ0v) is 15.2. The molecular formula is C22H28O3. The van der Waals surface area contributed by atoms with Gasteiger partial charge in [0.1, 0.15) is 0 Å². The van der Waals surface area contributed by atoms with Gasteiger partial charge in [-0.05, 0) is 30.9 Å². The maximum Gasteiger partial charge on any atom is 0.309 e.